The Hall–Kier alpha value is -3.43. The number of hydrogen-bond donors (Lipinski definition) is 3. The Morgan fingerprint density at radius 1 is 1.03 bits per heavy atom. The third-order valence-corrected chi connectivity index (χ3v) is 4.53. The zero-order valence-corrected chi connectivity index (χ0v) is 16.5. The van der Waals surface area contributed by atoms with Gasteiger partial charge in [0.15, 0.2) is 0 Å². The molecule has 3 aromatic rings. The SMILES string of the molecule is Cc1ccc(C(=O)NNc2ncnc(Nc3ccc(Cl)c(Cl)c3)c2[N+](=O)[O-])cc1. The summed E-state index contributed by atoms with van der Waals surface area (Å²) in [7, 11) is 0. The molecule has 0 aliphatic heterocycles. The molecule has 1 heterocycles. The summed E-state index contributed by atoms with van der Waals surface area (Å²) in [6, 6.07) is 11.5. The van der Waals surface area contributed by atoms with Crippen molar-refractivity contribution in [3.8, 4) is 0 Å². The normalized spacial score (nSPS) is 10.3. The first-order valence-electron chi connectivity index (χ1n) is 8.19. The smallest absolute Gasteiger partial charge is 0.334 e. The van der Waals surface area contributed by atoms with Crippen molar-refractivity contribution in [3.63, 3.8) is 0 Å². The maximum absolute atomic E-state index is 12.2. The topological polar surface area (TPSA) is 122 Å². The van der Waals surface area contributed by atoms with Gasteiger partial charge in [-0.3, -0.25) is 25.8 Å². The number of hydrogen-bond acceptors (Lipinski definition) is 7. The maximum Gasteiger partial charge on any atom is 0.355 e. The molecule has 0 aliphatic carbocycles. The highest BCUT2D eigenvalue weighted by Gasteiger charge is 2.24. The van der Waals surface area contributed by atoms with Crippen LogP contribution in [0.4, 0.5) is 23.0 Å². The number of nitrogens with one attached hydrogen (secondary N) is 3. The molecule has 3 N–H and O–H groups in total. The number of hydrazine groups is 1. The van der Waals surface area contributed by atoms with Gasteiger partial charge in [0.25, 0.3) is 5.91 Å². The monoisotopic (exact) mass is 432 g/mol. The molecule has 0 saturated heterocycles. The number of carbonyl (C=O) groups excluding carboxylic acids is 1. The summed E-state index contributed by atoms with van der Waals surface area (Å²) in [6.07, 6.45) is 1.12. The Labute approximate surface area is 175 Å². The summed E-state index contributed by atoms with van der Waals surface area (Å²) in [5, 5.41) is 15.0. The lowest BCUT2D eigenvalue weighted by molar-refractivity contribution is -0.383. The minimum absolute atomic E-state index is 0.0875. The van der Waals surface area contributed by atoms with E-state index in [1.165, 1.54) is 6.07 Å². The van der Waals surface area contributed by atoms with Gasteiger partial charge in [-0.05, 0) is 37.3 Å². The Bertz CT molecular complexity index is 1080. The van der Waals surface area contributed by atoms with Crippen LogP contribution in [0.15, 0.2) is 48.8 Å². The molecule has 29 heavy (non-hydrogen) atoms. The van der Waals surface area contributed by atoms with Gasteiger partial charge < -0.3 is 5.32 Å². The highest BCUT2D eigenvalue weighted by atomic mass is 35.5. The third kappa shape index (κ3) is 4.89. The molecule has 0 atom stereocenters. The first-order valence-corrected chi connectivity index (χ1v) is 8.95. The summed E-state index contributed by atoms with van der Waals surface area (Å²) in [6.45, 7) is 1.90. The number of anilines is 3. The van der Waals surface area contributed by atoms with Crippen molar-refractivity contribution in [2.24, 2.45) is 0 Å². The van der Waals surface area contributed by atoms with Crippen LogP contribution in [0.1, 0.15) is 15.9 Å². The Kier molecular flexibility index (Phi) is 6.10. The van der Waals surface area contributed by atoms with Crippen molar-refractivity contribution in [2.45, 2.75) is 6.92 Å². The fourth-order valence-electron chi connectivity index (χ4n) is 2.34. The Morgan fingerprint density at radius 3 is 2.38 bits per heavy atom. The zero-order chi connectivity index (χ0) is 21.0. The number of nitrogens with zero attached hydrogens (tertiary/aromatic N) is 3. The number of benzene rings is 2. The lowest BCUT2D eigenvalue weighted by Crippen LogP contribution is -2.30. The van der Waals surface area contributed by atoms with E-state index >= 15 is 0 Å². The number of amides is 1. The van der Waals surface area contributed by atoms with E-state index in [1.54, 1.807) is 36.4 Å². The summed E-state index contributed by atoms with van der Waals surface area (Å²) < 4.78 is 0. The number of halogens is 2. The second-order valence-corrected chi connectivity index (χ2v) is 6.69. The second kappa shape index (κ2) is 8.72. The standard InChI is InChI=1S/C18H14Cl2N6O3/c1-10-2-4-11(5-3-10)18(27)25-24-17-15(26(28)29)16(21-9-22-17)23-12-6-7-13(19)14(20)8-12/h2-9H,1H3,(H,25,27)(H2,21,22,23,24). The number of aromatic nitrogens is 2. The first-order chi connectivity index (χ1) is 13.8. The van der Waals surface area contributed by atoms with Gasteiger partial charge in [0.2, 0.25) is 11.6 Å². The van der Waals surface area contributed by atoms with Crippen molar-refractivity contribution in [2.75, 3.05) is 10.7 Å². The van der Waals surface area contributed by atoms with Crippen LogP contribution in [0.3, 0.4) is 0 Å². The van der Waals surface area contributed by atoms with E-state index in [0.29, 0.717) is 16.3 Å². The maximum atomic E-state index is 12.2. The van der Waals surface area contributed by atoms with E-state index in [1.807, 2.05) is 6.92 Å². The van der Waals surface area contributed by atoms with Crippen molar-refractivity contribution in [1.82, 2.24) is 15.4 Å². The minimum atomic E-state index is -0.666. The largest absolute Gasteiger partial charge is 0.355 e. The van der Waals surface area contributed by atoms with E-state index < -0.39 is 16.5 Å². The van der Waals surface area contributed by atoms with Crippen molar-refractivity contribution < 1.29 is 9.72 Å². The minimum Gasteiger partial charge on any atom is -0.334 e. The fourth-order valence-corrected chi connectivity index (χ4v) is 2.64. The van der Waals surface area contributed by atoms with Gasteiger partial charge in [0.05, 0.1) is 15.0 Å². The number of rotatable bonds is 6. The molecular formula is C18H14Cl2N6O3. The molecular weight excluding hydrogens is 419 g/mol. The number of carbonyl (C=O) groups is 1. The van der Waals surface area contributed by atoms with E-state index in [-0.39, 0.29) is 16.7 Å². The first kappa shape index (κ1) is 20.3. The third-order valence-electron chi connectivity index (χ3n) is 3.80. The highest BCUT2D eigenvalue weighted by molar-refractivity contribution is 6.42. The molecule has 11 heteroatoms. The molecule has 1 amide bonds. The summed E-state index contributed by atoms with van der Waals surface area (Å²) >= 11 is 11.8. The van der Waals surface area contributed by atoms with E-state index in [4.69, 9.17) is 23.2 Å². The van der Waals surface area contributed by atoms with Gasteiger partial charge in [-0.25, -0.2) is 9.97 Å². The van der Waals surface area contributed by atoms with Gasteiger partial charge in [-0.1, -0.05) is 40.9 Å². The quantitative estimate of drug-likeness (QED) is 0.386. The Balaban J connectivity index is 1.82. The van der Waals surface area contributed by atoms with Crippen molar-refractivity contribution in [3.05, 3.63) is 80.1 Å². The Morgan fingerprint density at radius 2 is 1.72 bits per heavy atom. The number of nitro groups is 1. The lowest BCUT2D eigenvalue weighted by Gasteiger charge is -2.11. The van der Waals surface area contributed by atoms with Crippen LogP contribution in [0.5, 0.6) is 0 Å². The molecule has 148 valence electrons. The second-order valence-electron chi connectivity index (χ2n) is 5.88. The summed E-state index contributed by atoms with van der Waals surface area (Å²) in [5.74, 6) is -0.750. The van der Waals surface area contributed by atoms with Crippen molar-refractivity contribution in [1.29, 1.82) is 0 Å². The van der Waals surface area contributed by atoms with Gasteiger partial charge >= 0.3 is 5.69 Å². The average Bonchev–Trinajstić information content (AvgIpc) is 2.69. The molecule has 1 aromatic heterocycles. The van der Waals surface area contributed by atoms with Crippen LogP contribution in [0, 0.1) is 17.0 Å². The van der Waals surface area contributed by atoms with Crippen LogP contribution in [0.25, 0.3) is 0 Å². The van der Waals surface area contributed by atoms with Crippen LogP contribution >= 0.6 is 23.2 Å². The lowest BCUT2D eigenvalue weighted by atomic mass is 10.1. The van der Waals surface area contributed by atoms with Crippen molar-refractivity contribution >= 4 is 52.1 Å². The molecule has 0 radical (unpaired) electrons. The van der Waals surface area contributed by atoms with Crippen LogP contribution in [-0.2, 0) is 0 Å². The molecule has 0 aliphatic rings. The van der Waals surface area contributed by atoms with Gasteiger partial charge in [0, 0.05) is 11.3 Å². The van der Waals surface area contributed by atoms with Crippen LogP contribution in [-0.4, -0.2) is 20.8 Å². The predicted octanol–water partition coefficient (Wildman–Crippen LogP) is 4.50. The molecule has 3 rings (SSSR count). The molecule has 0 bridgehead atoms. The summed E-state index contributed by atoms with van der Waals surface area (Å²) in [4.78, 5) is 30.9. The van der Waals surface area contributed by atoms with Gasteiger partial charge in [-0.15, -0.1) is 0 Å². The molecule has 0 fully saturated rings. The van der Waals surface area contributed by atoms with Crippen LogP contribution < -0.4 is 16.2 Å². The molecule has 9 nitrogen and oxygen atoms in total. The van der Waals surface area contributed by atoms with Gasteiger partial charge in [0.1, 0.15) is 6.33 Å². The van der Waals surface area contributed by atoms with E-state index in [9.17, 15) is 14.9 Å². The van der Waals surface area contributed by atoms with E-state index in [0.717, 1.165) is 11.9 Å². The molecule has 0 unspecified atom stereocenters. The average molecular weight is 433 g/mol. The molecule has 2 aromatic carbocycles. The van der Waals surface area contributed by atoms with Crippen LogP contribution in [0.2, 0.25) is 10.0 Å². The molecule has 0 saturated carbocycles. The highest BCUT2D eigenvalue weighted by Crippen LogP contribution is 2.32. The van der Waals surface area contributed by atoms with E-state index in [2.05, 4.69) is 26.1 Å². The molecule has 0 spiro atoms. The summed E-state index contributed by atoms with van der Waals surface area (Å²) in [5.41, 5.74) is 6.23. The van der Waals surface area contributed by atoms with Gasteiger partial charge in [-0.2, -0.15) is 0 Å². The zero-order valence-electron chi connectivity index (χ0n) is 14.9. The fraction of sp³-hybridized carbons (Fsp3) is 0.0556. The number of aryl methyl sites for hydroxylation is 1. The predicted molar refractivity (Wildman–Crippen MR) is 111 cm³/mol.